The molecule has 0 aliphatic carbocycles. The minimum Gasteiger partial charge on any atom is -0.306 e. The second-order valence-corrected chi connectivity index (χ2v) is 9.81. The van der Waals surface area contributed by atoms with Crippen molar-refractivity contribution in [3.8, 4) is 5.69 Å². The molecule has 0 spiro atoms. The van der Waals surface area contributed by atoms with E-state index in [1.807, 2.05) is 12.1 Å². The average Bonchev–Trinajstić information content (AvgIpc) is 2.79. The number of halogens is 1. The SMILES string of the molecule is O=c1[nH]c2ccccc2c(=O)n1-c1cc(S(=O)(=O)N2CCCc3ccccc32)ccc1Cl. The molecule has 0 saturated heterocycles. The fraction of sp³-hybridized carbons (Fsp3) is 0.130. The predicted octanol–water partition coefficient (Wildman–Crippen LogP) is 3.47. The summed E-state index contributed by atoms with van der Waals surface area (Å²) in [6.45, 7) is 0.341. The number of fused-ring (bicyclic) bond motifs is 2. The van der Waals surface area contributed by atoms with E-state index in [0.717, 1.165) is 16.6 Å². The molecule has 0 saturated carbocycles. The Morgan fingerprint density at radius 1 is 0.906 bits per heavy atom. The van der Waals surface area contributed by atoms with Crippen LogP contribution in [0.5, 0.6) is 0 Å². The van der Waals surface area contributed by atoms with E-state index in [-0.39, 0.29) is 15.6 Å². The Labute approximate surface area is 188 Å². The molecule has 0 amide bonds. The molecular formula is C23H18ClN3O4S. The van der Waals surface area contributed by atoms with Gasteiger partial charge in [-0.2, -0.15) is 0 Å². The van der Waals surface area contributed by atoms with Gasteiger partial charge >= 0.3 is 5.69 Å². The van der Waals surface area contributed by atoms with Gasteiger partial charge in [-0.1, -0.05) is 41.9 Å². The van der Waals surface area contributed by atoms with E-state index >= 15 is 0 Å². The number of H-pyrrole nitrogens is 1. The van der Waals surface area contributed by atoms with Gasteiger partial charge in [0.2, 0.25) is 0 Å². The van der Waals surface area contributed by atoms with E-state index in [0.29, 0.717) is 29.6 Å². The quantitative estimate of drug-likeness (QED) is 0.499. The van der Waals surface area contributed by atoms with Crippen molar-refractivity contribution in [1.82, 2.24) is 9.55 Å². The van der Waals surface area contributed by atoms with Crippen molar-refractivity contribution in [3.05, 3.63) is 98.2 Å². The molecule has 0 radical (unpaired) electrons. The highest BCUT2D eigenvalue weighted by Crippen LogP contribution is 2.33. The number of hydrogen-bond acceptors (Lipinski definition) is 4. The Balaban J connectivity index is 1.69. The summed E-state index contributed by atoms with van der Waals surface area (Å²) in [4.78, 5) is 28.4. The number of aromatic nitrogens is 2. The third-order valence-corrected chi connectivity index (χ3v) is 7.75. The van der Waals surface area contributed by atoms with Crippen LogP contribution < -0.4 is 15.6 Å². The van der Waals surface area contributed by atoms with Gasteiger partial charge in [-0.15, -0.1) is 0 Å². The average molecular weight is 468 g/mol. The van der Waals surface area contributed by atoms with Gasteiger partial charge in [0.1, 0.15) is 0 Å². The molecule has 4 aromatic rings. The van der Waals surface area contributed by atoms with Gasteiger partial charge in [0.25, 0.3) is 15.6 Å². The molecular weight excluding hydrogens is 450 g/mol. The number of aryl methyl sites for hydroxylation is 1. The lowest BCUT2D eigenvalue weighted by Crippen LogP contribution is -2.36. The molecule has 1 aliphatic rings. The molecule has 9 heteroatoms. The first-order valence-corrected chi connectivity index (χ1v) is 11.8. The number of benzene rings is 3. The minimum atomic E-state index is -3.94. The Morgan fingerprint density at radius 3 is 2.50 bits per heavy atom. The zero-order valence-corrected chi connectivity index (χ0v) is 18.4. The first-order valence-electron chi connectivity index (χ1n) is 10.0. The van der Waals surface area contributed by atoms with Crippen molar-refractivity contribution >= 4 is 38.2 Å². The van der Waals surface area contributed by atoms with Gasteiger partial charge < -0.3 is 4.98 Å². The van der Waals surface area contributed by atoms with Crippen molar-refractivity contribution in [2.24, 2.45) is 0 Å². The Hall–Kier alpha value is -3.36. The van der Waals surface area contributed by atoms with Gasteiger partial charge in [-0.25, -0.2) is 17.8 Å². The summed E-state index contributed by atoms with van der Waals surface area (Å²) in [6, 6.07) is 18.0. The summed E-state index contributed by atoms with van der Waals surface area (Å²) >= 11 is 6.32. The van der Waals surface area contributed by atoms with Gasteiger partial charge in [-0.05, 0) is 54.8 Å². The molecule has 5 rings (SSSR count). The normalized spacial score (nSPS) is 13.8. The standard InChI is InChI=1S/C23H18ClN3O4S/c24-18-12-11-16(32(30,31)26-13-5-7-15-6-1-4-10-20(15)26)14-21(18)27-22(28)17-8-2-3-9-19(17)25-23(27)29/h1-4,6,8-12,14H,5,7,13H2,(H,25,29). The fourth-order valence-electron chi connectivity index (χ4n) is 4.08. The number of para-hydroxylation sites is 2. The third-order valence-electron chi connectivity index (χ3n) is 5.62. The highest BCUT2D eigenvalue weighted by atomic mass is 35.5. The van der Waals surface area contributed by atoms with Gasteiger partial charge in [0.15, 0.2) is 0 Å². The van der Waals surface area contributed by atoms with Crippen LogP contribution in [0.2, 0.25) is 5.02 Å². The zero-order chi connectivity index (χ0) is 22.5. The highest BCUT2D eigenvalue weighted by molar-refractivity contribution is 7.92. The maximum atomic E-state index is 13.5. The zero-order valence-electron chi connectivity index (χ0n) is 16.8. The molecule has 0 bridgehead atoms. The lowest BCUT2D eigenvalue weighted by atomic mass is 10.0. The van der Waals surface area contributed by atoms with E-state index in [1.54, 1.807) is 36.4 Å². The summed E-state index contributed by atoms with van der Waals surface area (Å²) in [5.41, 5.74) is 0.714. The second-order valence-electron chi connectivity index (χ2n) is 7.54. The smallest absolute Gasteiger partial charge is 0.306 e. The number of rotatable bonds is 3. The lowest BCUT2D eigenvalue weighted by Gasteiger charge is -2.30. The molecule has 0 atom stereocenters. The van der Waals surface area contributed by atoms with Gasteiger partial charge in [-0.3, -0.25) is 9.10 Å². The van der Waals surface area contributed by atoms with Gasteiger partial charge in [0, 0.05) is 6.54 Å². The van der Waals surface area contributed by atoms with Crippen LogP contribution >= 0.6 is 11.6 Å². The van der Waals surface area contributed by atoms with E-state index in [1.165, 1.54) is 22.5 Å². The first-order chi connectivity index (χ1) is 15.4. The van der Waals surface area contributed by atoms with E-state index in [4.69, 9.17) is 11.6 Å². The molecule has 0 unspecified atom stereocenters. The van der Waals surface area contributed by atoms with Crippen molar-refractivity contribution in [2.45, 2.75) is 17.7 Å². The number of nitrogens with zero attached hydrogens (tertiary/aromatic N) is 2. The molecule has 3 aromatic carbocycles. The van der Waals surface area contributed by atoms with Crippen LogP contribution in [0.1, 0.15) is 12.0 Å². The molecule has 1 aromatic heterocycles. The van der Waals surface area contributed by atoms with Crippen LogP contribution in [0.4, 0.5) is 5.69 Å². The maximum absolute atomic E-state index is 13.5. The monoisotopic (exact) mass is 467 g/mol. The molecule has 0 fully saturated rings. The summed E-state index contributed by atoms with van der Waals surface area (Å²) in [5.74, 6) is 0. The summed E-state index contributed by atoms with van der Waals surface area (Å²) in [7, 11) is -3.94. The summed E-state index contributed by atoms with van der Waals surface area (Å²) in [5, 5.41) is 0.382. The summed E-state index contributed by atoms with van der Waals surface area (Å²) < 4.78 is 29.3. The Morgan fingerprint density at radius 2 is 1.66 bits per heavy atom. The highest BCUT2D eigenvalue weighted by Gasteiger charge is 2.29. The number of aromatic amines is 1. The Kier molecular flexibility index (Phi) is 4.91. The van der Waals surface area contributed by atoms with Crippen molar-refractivity contribution in [2.75, 3.05) is 10.8 Å². The molecule has 1 aliphatic heterocycles. The van der Waals surface area contributed by atoms with Crippen molar-refractivity contribution in [3.63, 3.8) is 0 Å². The van der Waals surface area contributed by atoms with Crippen molar-refractivity contribution in [1.29, 1.82) is 0 Å². The minimum absolute atomic E-state index is 0.00930. The first kappa shape index (κ1) is 20.5. The topological polar surface area (TPSA) is 92.2 Å². The molecule has 32 heavy (non-hydrogen) atoms. The van der Waals surface area contributed by atoms with Crippen LogP contribution in [0.15, 0.2) is 81.2 Å². The van der Waals surface area contributed by atoms with E-state index < -0.39 is 21.3 Å². The van der Waals surface area contributed by atoms with E-state index in [2.05, 4.69) is 4.98 Å². The number of anilines is 1. The largest absolute Gasteiger partial charge is 0.333 e. The molecule has 1 N–H and O–H groups in total. The van der Waals surface area contributed by atoms with Crippen LogP contribution in [0, 0.1) is 0 Å². The summed E-state index contributed by atoms with van der Waals surface area (Å²) in [6.07, 6.45) is 1.50. The number of hydrogen-bond donors (Lipinski definition) is 1. The molecule has 162 valence electrons. The maximum Gasteiger partial charge on any atom is 0.333 e. The van der Waals surface area contributed by atoms with Crippen LogP contribution in [-0.2, 0) is 16.4 Å². The van der Waals surface area contributed by atoms with Crippen LogP contribution in [-0.4, -0.2) is 24.5 Å². The Bertz CT molecular complexity index is 1590. The van der Waals surface area contributed by atoms with Gasteiger partial charge in [0.05, 0.1) is 32.2 Å². The molecule has 2 heterocycles. The predicted molar refractivity (Wildman–Crippen MR) is 124 cm³/mol. The van der Waals surface area contributed by atoms with Crippen molar-refractivity contribution < 1.29 is 8.42 Å². The molecule has 7 nitrogen and oxygen atoms in total. The lowest BCUT2D eigenvalue weighted by molar-refractivity contribution is 0.586. The second kappa shape index (κ2) is 7.65. The number of sulfonamides is 1. The number of nitrogens with one attached hydrogen (secondary N) is 1. The van der Waals surface area contributed by atoms with Crippen LogP contribution in [0.25, 0.3) is 16.6 Å². The third kappa shape index (κ3) is 3.23. The fourth-order valence-corrected chi connectivity index (χ4v) is 5.85. The van der Waals surface area contributed by atoms with E-state index in [9.17, 15) is 18.0 Å². The van der Waals surface area contributed by atoms with Crippen LogP contribution in [0.3, 0.4) is 0 Å².